The topological polar surface area (TPSA) is 52.3 Å². The minimum atomic E-state index is -4.34. The Balaban J connectivity index is 2.71. The maximum Gasteiger partial charge on any atom is 0.422 e. The summed E-state index contributed by atoms with van der Waals surface area (Å²) in [7, 11) is -1.39. The molecule has 0 saturated carbocycles. The second-order valence-corrected chi connectivity index (χ2v) is 7.31. The van der Waals surface area contributed by atoms with E-state index in [2.05, 4.69) is 0 Å². The number of hydrogen-bond acceptors (Lipinski definition) is 3. The van der Waals surface area contributed by atoms with Gasteiger partial charge in [0.2, 0.25) is 0 Å². The second-order valence-electron chi connectivity index (χ2n) is 4.80. The fourth-order valence-corrected chi connectivity index (χ4v) is 3.30. The average molecular weight is 329 g/mol. The van der Waals surface area contributed by atoms with Crippen LogP contribution in [0.2, 0.25) is 0 Å². The van der Waals surface area contributed by atoms with Crippen molar-refractivity contribution in [2.75, 3.05) is 6.61 Å². The van der Waals surface area contributed by atoms with E-state index < -0.39 is 23.8 Å². The molecule has 8 heteroatoms. The molecule has 0 bridgehead atoms. The third-order valence-electron chi connectivity index (χ3n) is 2.83. The van der Waals surface area contributed by atoms with Crippen LogP contribution in [0.1, 0.15) is 36.6 Å². The number of hydrogen-bond donors (Lipinski definition) is 1. The quantitative estimate of drug-likeness (QED) is 0.868. The van der Waals surface area contributed by atoms with Crippen LogP contribution >= 0.6 is 11.3 Å². The Labute approximate surface area is 122 Å². The Hall–Kier alpha value is -0.600. The number of halogens is 3. The van der Waals surface area contributed by atoms with Crippen LogP contribution in [-0.4, -0.2) is 22.2 Å². The molecule has 0 aliphatic carbocycles. The van der Waals surface area contributed by atoms with E-state index >= 15 is 0 Å². The zero-order chi connectivity index (χ0) is 15.5. The van der Waals surface area contributed by atoms with Crippen molar-refractivity contribution >= 4 is 22.3 Å². The van der Waals surface area contributed by atoms with Gasteiger partial charge in [-0.1, -0.05) is 6.92 Å². The molecule has 0 aromatic carbocycles. The van der Waals surface area contributed by atoms with Gasteiger partial charge in [-0.15, -0.1) is 11.3 Å². The van der Waals surface area contributed by atoms with E-state index in [0.29, 0.717) is 12.0 Å². The molecule has 0 radical (unpaired) electrons. The molecular weight excluding hydrogens is 311 g/mol. The normalized spacial score (nSPS) is 16.8. The van der Waals surface area contributed by atoms with Gasteiger partial charge >= 0.3 is 6.18 Å². The number of alkyl halides is 3. The Morgan fingerprint density at radius 2 is 2.05 bits per heavy atom. The van der Waals surface area contributed by atoms with Gasteiger partial charge < -0.3 is 4.74 Å². The standard InChI is InChI=1S/C12H18F3NO2S2/c1-7(4-9(3)20(16)17)10-5-8(2)11(19-10)18-6-12(13,14)15/h5,7,9H,4,6,16H2,1-3H3/t7-,9?,20?/m1/s1. The fourth-order valence-electron chi connectivity index (χ4n) is 1.73. The lowest BCUT2D eigenvalue weighted by Crippen LogP contribution is -2.20. The van der Waals surface area contributed by atoms with Crippen LogP contribution in [0, 0.1) is 6.92 Å². The first kappa shape index (κ1) is 17.5. The molecule has 3 nitrogen and oxygen atoms in total. The van der Waals surface area contributed by atoms with Crippen LogP contribution in [0.25, 0.3) is 0 Å². The zero-order valence-corrected chi connectivity index (χ0v) is 13.1. The molecule has 1 heterocycles. The summed E-state index contributed by atoms with van der Waals surface area (Å²) in [4.78, 5) is 0.914. The summed E-state index contributed by atoms with van der Waals surface area (Å²) >= 11 is 1.20. The highest BCUT2D eigenvalue weighted by Crippen LogP contribution is 2.37. The molecule has 3 atom stereocenters. The van der Waals surface area contributed by atoms with Gasteiger partial charge in [0.15, 0.2) is 11.7 Å². The smallest absolute Gasteiger partial charge is 0.422 e. The molecule has 0 saturated heterocycles. The predicted molar refractivity (Wildman–Crippen MR) is 75.4 cm³/mol. The minimum Gasteiger partial charge on any atom is -0.474 e. The highest BCUT2D eigenvalue weighted by Gasteiger charge is 2.29. The van der Waals surface area contributed by atoms with Crippen molar-refractivity contribution in [3.8, 4) is 5.06 Å². The number of ether oxygens (including phenoxy) is 1. The third kappa shape index (κ3) is 5.41. The average Bonchev–Trinajstić information content (AvgIpc) is 2.67. The summed E-state index contributed by atoms with van der Waals surface area (Å²) in [5.74, 6) is 0.0736. The molecule has 2 unspecified atom stereocenters. The maximum atomic E-state index is 12.1. The molecule has 116 valence electrons. The van der Waals surface area contributed by atoms with Crippen LogP contribution in [0.4, 0.5) is 13.2 Å². The van der Waals surface area contributed by atoms with Gasteiger partial charge in [0.05, 0.1) is 11.0 Å². The lowest BCUT2D eigenvalue weighted by atomic mass is 10.0. The van der Waals surface area contributed by atoms with Crippen molar-refractivity contribution in [3.63, 3.8) is 0 Å². The first-order valence-corrected chi connectivity index (χ1v) is 8.14. The molecule has 1 aromatic heterocycles. The molecule has 0 fully saturated rings. The molecule has 0 aliphatic rings. The molecule has 1 rings (SSSR count). The molecule has 0 amide bonds. The number of aryl methyl sites for hydroxylation is 1. The molecular formula is C12H18F3NO2S2. The lowest BCUT2D eigenvalue weighted by Gasteiger charge is -2.13. The van der Waals surface area contributed by atoms with E-state index in [1.807, 2.05) is 13.0 Å². The van der Waals surface area contributed by atoms with Gasteiger partial charge in [-0.25, -0.2) is 4.21 Å². The summed E-state index contributed by atoms with van der Waals surface area (Å²) in [6.07, 6.45) is -3.73. The van der Waals surface area contributed by atoms with Gasteiger partial charge in [-0.05, 0) is 32.3 Å². The largest absolute Gasteiger partial charge is 0.474 e. The van der Waals surface area contributed by atoms with Gasteiger partial charge in [0, 0.05) is 15.7 Å². The van der Waals surface area contributed by atoms with Crippen molar-refractivity contribution < 1.29 is 22.1 Å². The van der Waals surface area contributed by atoms with Crippen molar-refractivity contribution in [1.29, 1.82) is 0 Å². The SMILES string of the molecule is Cc1cc([C@H](C)CC(C)S(N)=O)sc1OCC(F)(F)F. The summed E-state index contributed by atoms with van der Waals surface area (Å²) in [6, 6.07) is 1.81. The summed E-state index contributed by atoms with van der Waals surface area (Å²) in [6.45, 7) is 4.14. The molecule has 0 spiro atoms. The molecule has 20 heavy (non-hydrogen) atoms. The predicted octanol–water partition coefficient (Wildman–Crippen LogP) is 3.50. The van der Waals surface area contributed by atoms with E-state index in [-0.39, 0.29) is 16.2 Å². The first-order valence-electron chi connectivity index (χ1n) is 6.05. The summed E-state index contributed by atoms with van der Waals surface area (Å²) < 4.78 is 52.3. The number of nitrogens with two attached hydrogens (primary N) is 1. The van der Waals surface area contributed by atoms with Gasteiger partial charge in [-0.2, -0.15) is 13.2 Å². The zero-order valence-electron chi connectivity index (χ0n) is 11.5. The van der Waals surface area contributed by atoms with Crippen LogP contribution in [0.3, 0.4) is 0 Å². The number of rotatable bonds is 6. The van der Waals surface area contributed by atoms with Gasteiger partial charge in [-0.3, -0.25) is 5.14 Å². The van der Waals surface area contributed by atoms with E-state index in [1.54, 1.807) is 13.8 Å². The third-order valence-corrected chi connectivity index (χ3v) is 5.19. The van der Waals surface area contributed by atoms with Crippen LogP contribution < -0.4 is 9.88 Å². The Bertz CT molecular complexity index is 474. The fraction of sp³-hybridized carbons (Fsp3) is 0.667. The van der Waals surface area contributed by atoms with Crippen molar-refractivity contribution in [1.82, 2.24) is 0 Å². The summed E-state index contributed by atoms with van der Waals surface area (Å²) in [5.41, 5.74) is 0.683. The highest BCUT2D eigenvalue weighted by molar-refractivity contribution is 7.83. The van der Waals surface area contributed by atoms with E-state index in [1.165, 1.54) is 11.3 Å². The van der Waals surface area contributed by atoms with Crippen molar-refractivity contribution in [3.05, 3.63) is 16.5 Å². The highest BCUT2D eigenvalue weighted by atomic mass is 32.2. The maximum absolute atomic E-state index is 12.1. The van der Waals surface area contributed by atoms with Crippen LogP contribution in [0.5, 0.6) is 5.06 Å². The number of thiophene rings is 1. The Morgan fingerprint density at radius 3 is 2.55 bits per heavy atom. The summed E-state index contributed by atoms with van der Waals surface area (Å²) in [5, 5.41) is 5.44. The molecule has 1 aromatic rings. The molecule has 0 aliphatic heterocycles. The Morgan fingerprint density at radius 1 is 1.45 bits per heavy atom. The Kier molecular flexibility index (Phi) is 6.03. The minimum absolute atomic E-state index is 0.0736. The van der Waals surface area contributed by atoms with E-state index in [9.17, 15) is 17.4 Å². The van der Waals surface area contributed by atoms with Crippen molar-refractivity contribution in [2.45, 2.75) is 44.5 Å². The lowest BCUT2D eigenvalue weighted by molar-refractivity contribution is -0.153. The first-order chi connectivity index (χ1) is 9.10. The van der Waals surface area contributed by atoms with E-state index in [0.717, 1.165) is 4.88 Å². The van der Waals surface area contributed by atoms with Gasteiger partial charge in [0.25, 0.3) is 0 Å². The van der Waals surface area contributed by atoms with Crippen LogP contribution in [-0.2, 0) is 11.0 Å². The molecule has 2 N–H and O–H groups in total. The van der Waals surface area contributed by atoms with Crippen LogP contribution in [0.15, 0.2) is 6.07 Å². The van der Waals surface area contributed by atoms with Gasteiger partial charge in [0.1, 0.15) is 0 Å². The second kappa shape index (κ2) is 6.91. The van der Waals surface area contributed by atoms with Crippen molar-refractivity contribution in [2.24, 2.45) is 5.14 Å². The van der Waals surface area contributed by atoms with E-state index in [4.69, 9.17) is 9.88 Å². The monoisotopic (exact) mass is 329 g/mol.